The number of hydrogen-bond acceptors (Lipinski definition) is 4. The van der Waals surface area contributed by atoms with Gasteiger partial charge in [-0.3, -0.25) is 4.79 Å². The lowest BCUT2D eigenvalue weighted by atomic mass is 10.1. The predicted molar refractivity (Wildman–Crippen MR) is 76.2 cm³/mol. The summed E-state index contributed by atoms with van der Waals surface area (Å²) in [7, 11) is -0.686. The number of aryl methyl sites for hydroxylation is 1. The second-order valence-corrected chi connectivity index (χ2v) is 6.40. The molecule has 1 atom stereocenters. The highest BCUT2D eigenvalue weighted by atomic mass is 32.2. The quantitative estimate of drug-likeness (QED) is 0.808. The summed E-state index contributed by atoms with van der Waals surface area (Å²) in [5.74, 6) is -0.319. The summed E-state index contributed by atoms with van der Waals surface area (Å²) in [5, 5.41) is 2.76. The molecule has 0 saturated heterocycles. The Kier molecular flexibility index (Phi) is 5.67. The second-order valence-electron chi connectivity index (χ2n) is 4.51. The van der Waals surface area contributed by atoms with Crippen LogP contribution < -0.4 is 10.0 Å². The number of amides is 1. The second kappa shape index (κ2) is 6.83. The molecular weight excluding hydrogens is 280 g/mol. The van der Waals surface area contributed by atoms with Crippen molar-refractivity contribution in [2.24, 2.45) is 0 Å². The Morgan fingerprint density at radius 1 is 1.40 bits per heavy atom. The lowest BCUT2D eigenvalue weighted by Crippen LogP contribution is -2.36. The fraction of sp³-hybridized carbons (Fsp3) is 0.462. The molecule has 1 amide bonds. The summed E-state index contributed by atoms with van der Waals surface area (Å²) in [4.78, 5) is 12.2. The number of rotatable bonds is 6. The predicted octanol–water partition coefficient (Wildman–Crippen LogP) is 0.668. The van der Waals surface area contributed by atoms with Gasteiger partial charge >= 0.3 is 0 Å². The van der Waals surface area contributed by atoms with Crippen molar-refractivity contribution < 1.29 is 17.9 Å². The van der Waals surface area contributed by atoms with Gasteiger partial charge in [-0.1, -0.05) is 6.07 Å². The zero-order valence-electron chi connectivity index (χ0n) is 12.1. The van der Waals surface area contributed by atoms with Gasteiger partial charge in [0.1, 0.15) is 0 Å². The van der Waals surface area contributed by atoms with Crippen LogP contribution in [0.5, 0.6) is 0 Å². The molecule has 0 heterocycles. The van der Waals surface area contributed by atoms with Crippen LogP contribution in [0.3, 0.4) is 0 Å². The van der Waals surface area contributed by atoms with Gasteiger partial charge in [0, 0.05) is 18.7 Å². The smallest absolute Gasteiger partial charge is 0.251 e. The Morgan fingerprint density at radius 2 is 2.05 bits per heavy atom. The van der Waals surface area contributed by atoms with Crippen LogP contribution in [0.15, 0.2) is 23.1 Å². The molecule has 0 bridgehead atoms. The largest absolute Gasteiger partial charge is 0.383 e. The highest BCUT2D eigenvalue weighted by molar-refractivity contribution is 7.89. The first kappa shape index (κ1) is 16.6. The normalized spacial score (nSPS) is 13.0. The molecule has 0 aromatic heterocycles. The number of methoxy groups -OCH3 is 1. The van der Waals surface area contributed by atoms with Crippen LogP contribution >= 0.6 is 0 Å². The van der Waals surface area contributed by atoms with E-state index < -0.39 is 10.0 Å². The third-order valence-corrected chi connectivity index (χ3v) is 4.24. The molecular formula is C13H20N2O4S. The molecule has 0 aliphatic heterocycles. The summed E-state index contributed by atoms with van der Waals surface area (Å²) >= 11 is 0. The van der Waals surface area contributed by atoms with Gasteiger partial charge in [-0.2, -0.15) is 0 Å². The van der Waals surface area contributed by atoms with E-state index in [-0.39, 0.29) is 16.8 Å². The van der Waals surface area contributed by atoms with E-state index in [1.165, 1.54) is 19.2 Å². The number of carbonyl (C=O) groups is 1. The first-order valence-corrected chi connectivity index (χ1v) is 7.64. The number of carbonyl (C=O) groups excluding carboxylic acids is 1. The average molecular weight is 300 g/mol. The number of benzene rings is 1. The highest BCUT2D eigenvalue weighted by Crippen LogP contribution is 2.15. The third kappa shape index (κ3) is 4.03. The monoisotopic (exact) mass is 300 g/mol. The molecule has 1 aromatic carbocycles. The standard InChI is InChI=1S/C13H20N2O4S/c1-9-5-6-11(20(17,18)14-3)7-12(9)13(16)15-10(2)8-19-4/h5-7,10,14H,8H2,1-4H3,(H,15,16). The summed E-state index contributed by atoms with van der Waals surface area (Å²) in [6.45, 7) is 3.95. The zero-order valence-corrected chi connectivity index (χ0v) is 12.9. The van der Waals surface area contributed by atoms with E-state index in [9.17, 15) is 13.2 Å². The topological polar surface area (TPSA) is 84.5 Å². The van der Waals surface area contributed by atoms with Gasteiger partial charge in [0.15, 0.2) is 0 Å². The molecule has 2 N–H and O–H groups in total. The van der Waals surface area contributed by atoms with Crippen LogP contribution in [0.2, 0.25) is 0 Å². The summed E-state index contributed by atoms with van der Waals surface area (Å²) in [6, 6.07) is 4.30. The van der Waals surface area contributed by atoms with Crippen LogP contribution in [0.4, 0.5) is 0 Å². The molecule has 0 aliphatic rings. The third-order valence-electron chi connectivity index (χ3n) is 2.83. The van der Waals surface area contributed by atoms with Crippen molar-refractivity contribution in [2.45, 2.75) is 24.8 Å². The minimum atomic E-state index is -3.56. The van der Waals surface area contributed by atoms with E-state index in [0.29, 0.717) is 17.7 Å². The van der Waals surface area contributed by atoms with E-state index in [4.69, 9.17) is 4.74 Å². The summed E-state index contributed by atoms with van der Waals surface area (Å²) in [6.07, 6.45) is 0. The first-order chi connectivity index (χ1) is 9.31. The Labute approximate surface area is 119 Å². The van der Waals surface area contributed by atoms with Crippen molar-refractivity contribution in [1.82, 2.24) is 10.0 Å². The molecule has 1 rings (SSSR count). The van der Waals surface area contributed by atoms with Crippen molar-refractivity contribution in [3.63, 3.8) is 0 Å². The lowest BCUT2D eigenvalue weighted by molar-refractivity contribution is 0.0904. The molecule has 7 heteroatoms. The maximum absolute atomic E-state index is 12.1. The zero-order chi connectivity index (χ0) is 15.3. The minimum Gasteiger partial charge on any atom is -0.383 e. The van der Waals surface area contributed by atoms with Gasteiger partial charge < -0.3 is 10.1 Å². The van der Waals surface area contributed by atoms with Gasteiger partial charge in [-0.05, 0) is 38.6 Å². The van der Waals surface area contributed by atoms with Crippen LogP contribution in [0.1, 0.15) is 22.8 Å². The number of ether oxygens (including phenoxy) is 1. The molecule has 0 aliphatic carbocycles. The van der Waals surface area contributed by atoms with Crippen LogP contribution in [-0.4, -0.2) is 41.1 Å². The molecule has 0 radical (unpaired) electrons. The molecule has 0 spiro atoms. The maximum Gasteiger partial charge on any atom is 0.251 e. The lowest BCUT2D eigenvalue weighted by Gasteiger charge is -2.14. The van der Waals surface area contributed by atoms with Crippen molar-refractivity contribution in [2.75, 3.05) is 20.8 Å². The molecule has 1 unspecified atom stereocenters. The number of sulfonamides is 1. The molecule has 20 heavy (non-hydrogen) atoms. The Hall–Kier alpha value is -1.44. The molecule has 6 nitrogen and oxygen atoms in total. The SMILES string of the molecule is CNS(=O)(=O)c1ccc(C)c(C(=O)NC(C)COC)c1. The molecule has 0 fully saturated rings. The van der Waals surface area contributed by atoms with Crippen molar-refractivity contribution in [3.05, 3.63) is 29.3 Å². The number of hydrogen-bond donors (Lipinski definition) is 2. The van der Waals surface area contributed by atoms with Gasteiger partial charge in [0.05, 0.1) is 11.5 Å². The maximum atomic E-state index is 12.1. The van der Waals surface area contributed by atoms with E-state index in [1.807, 2.05) is 6.92 Å². The van der Waals surface area contributed by atoms with Crippen molar-refractivity contribution in [1.29, 1.82) is 0 Å². The molecule has 112 valence electrons. The first-order valence-electron chi connectivity index (χ1n) is 6.15. The number of nitrogens with one attached hydrogen (secondary N) is 2. The van der Waals surface area contributed by atoms with Crippen molar-refractivity contribution in [3.8, 4) is 0 Å². The van der Waals surface area contributed by atoms with Gasteiger partial charge in [0.25, 0.3) is 5.91 Å². The van der Waals surface area contributed by atoms with Crippen molar-refractivity contribution >= 4 is 15.9 Å². The Morgan fingerprint density at radius 3 is 2.60 bits per heavy atom. The van der Waals surface area contributed by atoms with E-state index in [0.717, 1.165) is 0 Å². The van der Waals surface area contributed by atoms with E-state index >= 15 is 0 Å². The summed E-state index contributed by atoms with van der Waals surface area (Å²) < 4.78 is 30.7. The van der Waals surface area contributed by atoms with Gasteiger partial charge in [-0.25, -0.2) is 13.1 Å². The van der Waals surface area contributed by atoms with Crippen LogP contribution in [0, 0.1) is 6.92 Å². The fourth-order valence-electron chi connectivity index (χ4n) is 1.72. The summed E-state index contributed by atoms with van der Waals surface area (Å²) in [5.41, 5.74) is 1.05. The Balaban J connectivity index is 3.06. The Bertz CT molecular complexity index is 584. The van der Waals surface area contributed by atoms with E-state index in [2.05, 4.69) is 10.0 Å². The molecule has 0 saturated carbocycles. The van der Waals surface area contributed by atoms with E-state index in [1.54, 1.807) is 20.1 Å². The van der Waals surface area contributed by atoms with Crippen LogP contribution in [0.25, 0.3) is 0 Å². The minimum absolute atomic E-state index is 0.0649. The molecule has 1 aromatic rings. The van der Waals surface area contributed by atoms with Gasteiger partial charge in [-0.15, -0.1) is 0 Å². The van der Waals surface area contributed by atoms with Crippen LogP contribution in [-0.2, 0) is 14.8 Å². The fourth-order valence-corrected chi connectivity index (χ4v) is 2.48. The highest BCUT2D eigenvalue weighted by Gasteiger charge is 2.17. The average Bonchev–Trinajstić information content (AvgIpc) is 2.39. The van der Waals surface area contributed by atoms with Gasteiger partial charge in [0.2, 0.25) is 10.0 Å².